The average Bonchev–Trinajstić information content (AvgIpc) is 2.73. The summed E-state index contributed by atoms with van der Waals surface area (Å²) in [6.45, 7) is 3.05. The second kappa shape index (κ2) is 5.14. The van der Waals surface area contributed by atoms with Crippen molar-refractivity contribution in [3.05, 3.63) is 18.0 Å². The summed E-state index contributed by atoms with van der Waals surface area (Å²) in [7, 11) is 0. The van der Waals surface area contributed by atoms with Crippen molar-refractivity contribution in [2.24, 2.45) is 0 Å². The van der Waals surface area contributed by atoms with Gasteiger partial charge in [-0.25, -0.2) is 0 Å². The highest BCUT2D eigenvalue weighted by Crippen LogP contribution is 2.20. The number of carbonyl (C=O) groups is 1. The van der Waals surface area contributed by atoms with Gasteiger partial charge in [-0.3, -0.25) is 9.89 Å². The fourth-order valence-corrected chi connectivity index (χ4v) is 2.40. The van der Waals surface area contributed by atoms with E-state index in [0.29, 0.717) is 11.6 Å². The van der Waals surface area contributed by atoms with Gasteiger partial charge < -0.3 is 4.90 Å². The molecule has 1 aliphatic heterocycles. The minimum Gasteiger partial charge on any atom is -0.336 e. The van der Waals surface area contributed by atoms with Crippen LogP contribution >= 0.6 is 0 Å². The Morgan fingerprint density at radius 2 is 2.44 bits per heavy atom. The zero-order valence-electron chi connectivity index (χ0n) is 9.78. The smallest absolute Gasteiger partial charge is 0.257 e. The van der Waals surface area contributed by atoms with Crippen LogP contribution in [0.4, 0.5) is 0 Å². The number of amides is 1. The van der Waals surface area contributed by atoms with Gasteiger partial charge in [0.25, 0.3) is 5.91 Å². The molecule has 1 aromatic rings. The van der Waals surface area contributed by atoms with Crippen LogP contribution in [0.25, 0.3) is 0 Å². The maximum Gasteiger partial charge on any atom is 0.257 e. The third-order valence-electron chi connectivity index (χ3n) is 3.35. The van der Waals surface area contributed by atoms with Crippen LogP contribution in [0.1, 0.15) is 49.4 Å². The van der Waals surface area contributed by atoms with Crippen molar-refractivity contribution in [2.75, 3.05) is 6.54 Å². The molecule has 1 saturated heterocycles. The van der Waals surface area contributed by atoms with Gasteiger partial charge in [-0.2, -0.15) is 5.10 Å². The lowest BCUT2D eigenvalue weighted by Gasteiger charge is -2.28. The van der Waals surface area contributed by atoms with E-state index in [4.69, 9.17) is 0 Å². The summed E-state index contributed by atoms with van der Waals surface area (Å²) in [5.74, 6) is 0.127. The van der Waals surface area contributed by atoms with Crippen molar-refractivity contribution < 1.29 is 4.79 Å². The van der Waals surface area contributed by atoms with Crippen LogP contribution in [0, 0.1) is 0 Å². The first-order chi connectivity index (χ1) is 7.83. The van der Waals surface area contributed by atoms with Gasteiger partial charge >= 0.3 is 0 Å². The number of nitrogens with one attached hydrogen (secondary N) is 1. The molecule has 0 aliphatic carbocycles. The summed E-state index contributed by atoms with van der Waals surface area (Å²) in [6.07, 6.45) is 9.09. The van der Waals surface area contributed by atoms with Gasteiger partial charge in [0.2, 0.25) is 0 Å². The first kappa shape index (κ1) is 11.2. The molecule has 1 aromatic heterocycles. The summed E-state index contributed by atoms with van der Waals surface area (Å²) in [4.78, 5) is 14.3. The van der Waals surface area contributed by atoms with E-state index in [1.165, 1.54) is 12.8 Å². The first-order valence-electron chi connectivity index (χ1n) is 6.12. The van der Waals surface area contributed by atoms with Gasteiger partial charge in [0.05, 0.1) is 11.8 Å². The molecule has 1 fully saturated rings. The molecule has 0 spiro atoms. The summed E-state index contributed by atoms with van der Waals surface area (Å²) in [5.41, 5.74) is 0.681. The molecule has 1 N–H and O–H groups in total. The van der Waals surface area contributed by atoms with Crippen LogP contribution < -0.4 is 0 Å². The fourth-order valence-electron chi connectivity index (χ4n) is 2.40. The third-order valence-corrected chi connectivity index (χ3v) is 3.35. The van der Waals surface area contributed by atoms with Crippen LogP contribution in [0.15, 0.2) is 12.4 Å². The average molecular weight is 221 g/mol. The lowest BCUT2D eigenvalue weighted by atomic mass is 10.1. The predicted octanol–water partition coefficient (Wildman–Crippen LogP) is 2.20. The van der Waals surface area contributed by atoms with E-state index in [9.17, 15) is 4.79 Å². The topological polar surface area (TPSA) is 49.0 Å². The zero-order chi connectivity index (χ0) is 11.4. The molecule has 16 heavy (non-hydrogen) atoms. The standard InChI is InChI=1S/C12H19N3O/c1-2-11-6-4-3-5-7-15(11)12(16)10-8-13-14-9-10/h8-9,11H,2-7H2,1H3,(H,13,14). The minimum absolute atomic E-state index is 0.127. The zero-order valence-corrected chi connectivity index (χ0v) is 9.78. The van der Waals surface area contributed by atoms with Gasteiger partial charge in [0, 0.05) is 18.8 Å². The SMILES string of the molecule is CCC1CCCCCN1C(=O)c1cn[nH]c1. The fraction of sp³-hybridized carbons (Fsp3) is 0.667. The molecule has 1 amide bonds. The highest BCUT2D eigenvalue weighted by atomic mass is 16.2. The number of hydrogen-bond acceptors (Lipinski definition) is 2. The van der Waals surface area contributed by atoms with Crippen LogP contribution in [0.5, 0.6) is 0 Å². The molecular weight excluding hydrogens is 202 g/mol. The van der Waals surface area contributed by atoms with Crippen LogP contribution in [0.2, 0.25) is 0 Å². The largest absolute Gasteiger partial charge is 0.336 e. The molecule has 4 heteroatoms. The molecule has 2 heterocycles. The molecule has 0 bridgehead atoms. The van der Waals surface area contributed by atoms with E-state index in [1.807, 2.05) is 4.90 Å². The van der Waals surface area contributed by atoms with Crippen molar-refractivity contribution in [1.29, 1.82) is 0 Å². The number of rotatable bonds is 2. The van der Waals surface area contributed by atoms with E-state index in [0.717, 1.165) is 25.8 Å². The lowest BCUT2D eigenvalue weighted by Crippen LogP contribution is -2.39. The molecule has 0 radical (unpaired) electrons. The highest BCUT2D eigenvalue weighted by molar-refractivity contribution is 5.93. The normalized spacial score (nSPS) is 21.8. The molecule has 2 rings (SSSR count). The Bertz CT molecular complexity index is 334. The molecule has 0 aromatic carbocycles. The van der Waals surface area contributed by atoms with E-state index >= 15 is 0 Å². The van der Waals surface area contributed by atoms with Crippen molar-refractivity contribution >= 4 is 5.91 Å². The summed E-state index contributed by atoms with van der Waals surface area (Å²) in [6, 6.07) is 0.407. The third kappa shape index (κ3) is 2.26. The van der Waals surface area contributed by atoms with E-state index in [2.05, 4.69) is 17.1 Å². The van der Waals surface area contributed by atoms with Crippen LogP contribution in [-0.4, -0.2) is 33.6 Å². The molecule has 1 unspecified atom stereocenters. The number of carbonyl (C=O) groups excluding carboxylic acids is 1. The number of H-pyrrole nitrogens is 1. The summed E-state index contributed by atoms with van der Waals surface area (Å²) >= 11 is 0. The molecule has 1 atom stereocenters. The number of hydrogen-bond donors (Lipinski definition) is 1. The Kier molecular flexibility index (Phi) is 3.59. The van der Waals surface area contributed by atoms with Crippen molar-refractivity contribution in [3.63, 3.8) is 0 Å². The highest BCUT2D eigenvalue weighted by Gasteiger charge is 2.25. The van der Waals surface area contributed by atoms with Crippen molar-refractivity contribution in [2.45, 2.75) is 45.1 Å². The summed E-state index contributed by atoms with van der Waals surface area (Å²) in [5, 5.41) is 6.54. The molecule has 1 aliphatic rings. The maximum atomic E-state index is 12.2. The van der Waals surface area contributed by atoms with Crippen molar-refractivity contribution in [1.82, 2.24) is 15.1 Å². The second-order valence-electron chi connectivity index (χ2n) is 4.40. The van der Waals surface area contributed by atoms with Crippen LogP contribution in [0.3, 0.4) is 0 Å². The van der Waals surface area contributed by atoms with E-state index in [-0.39, 0.29) is 5.91 Å². The second-order valence-corrected chi connectivity index (χ2v) is 4.40. The molecular formula is C12H19N3O. The Morgan fingerprint density at radius 3 is 3.12 bits per heavy atom. The Balaban J connectivity index is 2.13. The number of likely N-dealkylation sites (tertiary alicyclic amines) is 1. The van der Waals surface area contributed by atoms with Gasteiger partial charge in [-0.05, 0) is 19.3 Å². The van der Waals surface area contributed by atoms with E-state index in [1.54, 1.807) is 12.4 Å². The number of aromatic amines is 1. The Labute approximate surface area is 96.0 Å². The number of nitrogens with zero attached hydrogens (tertiary/aromatic N) is 2. The van der Waals surface area contributed by atoms with Crippen LogP contribution in [-0.2, 0) is 0 Å². The molecule has 0 saturated carbocycles. The van der Waals surface area contributed by atoms with Gasteiger partial charge in [-0.1, -0.05) is 19.8 Å². The monoisotopic (exact) mass is 221 g/mol. The molecule has 4 nitrogen and oxygen atoms in total. The quantitative estimate of drug-likeness (QED) is 0.832. The number of aromatic nitrogens is 2. The van der Waals surface area contributed by atoms with Gasteiger partial charge in [0.1, 0.15) is 0 Å². The Morgan fingerprint density at radius 1 is 1.56 bits per heavy atom. The lowest BCUT2D eigenvalue weighted by molar-refractivity contribution is 0.0678. The van der Waals surface area contributed by atoms with E-state index < -0.39 is 0 Å². The predicted molar refractivity (Wildman–Crippen MR) is 62.2 cm³/mol. The van der Waals surface area contributed by atoms with Gasteiger partial charge in [-0.15, -0.1) is 0 Å². The Hall–Kier alpha value is -1.32. The van der Waals surface area contributed by atoms with Gasteiger partial charge in [0.15, 0.2) is 0 Å². The van der Waals surface area contributed by atoms with Crippen molar-refractivity contribution in [3.8, 4) is 0 Å². The first-order valence-corrected chi connectivity index (χ1v) is 6.12. The minimum atomic E-state index is 0.127. The summed E-state index contributed by atoms with van der Waals surface area (Å²) < 4.78 is 0. The molecule has 88 valence electrons. The maximum absolute atomic E-state index is 12.2.